The van der Waals surface area contributed by atoms with E-state index in [0.29, 0.717) is 39.8 Å². The molecule has 1 amide bonds. The highest BCUT2D eigenvalue weighted by molar-refractivity contribution is 7.86. The number of ether oxygens (including phenoxy) is 3. The van der Waals surface area contributed by atoms with Gasteiger partial charge in [0.2, 0.25) is 5.75 Å². The first kappa shape index (κ1) is 26.4. The molecule has 0 aliphatic carbocycles. The predicted molar refractivity (Wildman–Crippen MR) is 130 cm³/mol. The van der Waals surface area contributed by atoms with Gasteiger partial charge in [0.1, 0.15) is 0 Å². The third-order valence-electron chi connectivity index (χ3n) is 6.34. The van der Waals surface area contributed by atoms with Crippen LogP contribution in [0.3, 0.4) is 0 Å². The number of hydrogen-bond acceptors (Lipinski definition) is 6. The quantitative estimate of drug-likeness (QED) is 0.501. The van der Waals surface area contributed by atoms with Gasteiger partial charge in [-0.05, 0) is 42.7 Å². The highest BCUT2D eigenvalue weighted by atomic mass is 35.5. The second-order valence-corrected chi connectivity index (χ2v) is 10.5. The first-order valence-corrected chi connectivity index (χ1v) is 12.8. The lowest BCUT2D eigenvalue weighted by atomic mass is 9.75. The summed E-state index contributed by atoms with van der Waals surface area (Å²) in [4.78, 5) is 15.1. The van der Waals surface area contributed by atoms with Gasteiger partial charge in [0.15, 0.2) is 11.5 Å². The first-order valence-electron chi connectivity index (χ1n) is 10.5. The molecular formula is C23H27Cl2NO7S. The molecule has 8 nitrogen and oxygen atoms in total. The lowest BCUT2D eigenvalue weighted by Crippen LogP contribution is -2.47. The summed E-state index contributed by atoms with van der Waals surface area (Å²) in [7, 11) is -0.0701. The topological polar surface area (TPSA) is 102 Å². The van der Waals surface area contributed by atoms with E-state index in [4.69, 9.17) is 37.4 Å². The van der Waals surface area contributed by atoms with Crippen LogP contribution in [0.2, 0.25) is 10.0 Å². The summed E-state index contributed by atoms with van der Waals surface area (Å²) in [6.07, 6.45) is 0.449. The van der Waals surface area contributed by atoms with Crippen molar-refractivity contribution in [1.29, 1.82) is 0 Å². The smallest absolute Gasteiger partial charge is 0.268 e. The van der Waals surface area contributed by atoms with E-state index in [-0.39, 0.29) is 30.4 Å². The molecular weight excluding hydrogens is 505 g/mol. The van der Waals surface area contributed by atoms with Crippen molar-refractivity contribution in [2.45, 2.75) is 30.4 Å². The van der Waals surface area contributed by atoms with Gasteiger partial charge < -0.3 is 19.1 Å². The van der Waals surface area contributed by atoms with Gasteiger partial charge in [0, 0.05) is 24.1 Å². The third kappa shape index (κ3) is 4.79. The molecule has 0 bridgehead atoms. The van der Waals surface area contributed by atoms with E-state index >= 15 is 0 Å². The molecule has 1 saturated heterocycles. The van der Waals surface area contributed by atoms with Crippen LogP contribution in [0.25, 0.3) is 0 Å². The Morgan fingerprint density at radius 1 is 1.09 bits per heavy atom. The van der Waals surface area contributed by atoms with E-state index in [1.165, 1.54) is 21.3 Å². The molecule has 2 aromatic rings. The van der Waals surface area contributed by atoms with Crippen molar-refractivity contribution in [3.05, 3.63) is 51.5 Å². The maximum atomic E-state index is 13.5. The number of hydrogen-bond donors (Lipinski definition) is 1. The van der Waals surface area contributed by atoms with Crippen LogP contribution in [0, 0.1) is 0 Å². The molecule has 2 aromatic carbocycles. The first-order chi connectivity index (χ1) is 16.0. The Morgan fingerprint density at radius 3 is 2.18 bits per heavy atom. The van der Waals surface area contributed by atoms with Crippen molar-refractivity contribution in [1.82, 2.24) is 4.90 Å². The van der Waals surface area contributed by atoms with Gasteiger partial charge in [-0.3, -0.25) is 9.35 Å². The van der Waals surface area contributed by atoms with Crippen molar-refractivity contribution in [3.63, 3.8) is 0 Å². The zero-order valence-corrected chi connectivity index (χ0v) is 21.6. The molecule has 0 spiro atoms. The molecule has 1 aliphatic heterocycles. The highest BCUT2D eigenvalue weighted by Gasteiger charge is 2.51. The minimum atomic E-state index is -4.44. The van der Waals surface area contributed by atoms with E-state index in [9.17, 15) is 17.8 Å². The van der Waals surface area contributed by atoms with Crippen LogP contribution in [0.4, 0.5) is 0 Å². The summed E-state index contributed by atoms with van der Waals surface area (Å²) in [5.41, 5.74) is -0.196. The fourth-order valence-electron chi connectivity index (χ4n) is 4.77. The average molecular weight is 532 g/mol. The summed E-state index contributed by atoms with van der Waals surface area (Å²) in [6.45, 7) is 2.00. The number of benzene rings is 2. The summed E-state index contributed by atoms with van der Waals surface area (Å²) in [5.74, 6) is 0.658. The molecule has 3 rings (SSSR count). The number of nitrogens with zero attached hydrogens (tertiary/aromatic N) is 1. The van der Waals surface area contributed by atoms with Gasteiger partial charge in [-0.15, -0.1) is 0 Å². The Hall–Kier alpha value is -2.20. The molecule has 1 fully saturated rings. The van der Waals surface area contributed by atoms with Crippen LogP contribution in [-0.2, 0) is 15.5 Å². The minimum Gasteiger partial charge on any atom is -0.493 e. The fourth-order valence-corrected chi connectivity index (χ4v) is 6.39. The SMILES string of the molecule is CCC(C1(c2ccc(Cl)c(Cl)c2)CCN(C(=O)c2cc(OC)c(OC)c(OC)c2)C1)S(=O)(=O)O. The molecule has 34 heavy (non-hydrogen) atoms. The van der Waals surface area contributed by atoms with Gasteiger partial charge >= 0.3 is 0 Å². The number of carbonyl (C=O) groups is 1. The van der Waals surface area contributed by atoms with Crippen LogP contribution in [0.15, 0.2) is 30.3 Å². The van der Waals surface area contributed by atoms with Gasteiger partial charge in [-0.25, -0.2) is 0 Å². The molecule has 0 saturated carbocycles. The second kappa shape index (κ2) is 10.2. The van der Waals surface area contributed by atoms with Crippen molar-refractivity contribution >= 4 is 39.2 Å². The summed E-state index contributed by atoms with van der Waals surface area (Å²) in [6, 6.07) is 7.97. The number of carbonyl (C=O) groups excluding carboxylic acids is 1. The Bertz CT molecular complexity index is 1160. The van der Waals surface area contributed by atoms with Crippen LogP contribution >= 0.6 is 23.2 Å². The van der Waals surface area contributed by atoms with Crippen molar-refractivity contribution in [2.75, 3.05) is 34.4 Å². The maximum Gasteiger partial charge on any atom is 0.268 e. The normalized spacial score (nSPS) is 19.1. The summed E-state index contributed by atoms with van der Waals surface area (Å²) in [5, 5.41) is -0.558. The molecule has 0 aromatic heterocycles. The van der Waals surface area contributed by atoms with Crippen LogP contribution < -0.4 is 14.2 Å². The van der Waals surface area contributed by atoms with Gasteiger partial charge in [0.25, 0.3) is 16.0 Å². The molecule has 2 atom stereocenters. The van der Waals surface area contributed by atoms with Crippen LogP contribution in [0.5, 0.6) is 17.2 Å². The highest BCUT2D eigenvalue weighted by Crippen LogP contribution is 2.44. The molecule has 11 heteroatoms. The van der Waals surface area contributed by atoms with Gasteiger partial charge in [-0.1, -0.05) is 36.2 Å². The molecule has 186 valence electrons. The molecule has 1 aliphatic rings. The predicted octanol–water partition coefficient (Wildman–Crippen LogP) is 4.47. The van der Waals surface area contributed by atoms with E-state index in [0.717, 1.165) is 0 Å². The zero-order chi connectivity index (χ0) is 25.3. The fraction of sp³-hybridized carbons (Fsp3) is 0.435. The van der Waals surface area contributed by atoms with Crippen LogP contribution in [-0.4, -0.2) is 63.4 Å². The van der Waals surface area contributed by atoms with Crippen molar-refractivity contribution < 1.29 is 32.0 Å². The van der Waals surface area contributed by atoms with E-state index in [2.05, 4.69) is 0 Å². The second-order valence-electron chi connectivity index (χ2n) is 8.09. The molecule has 1 heterocycles. The largest absolute Gasteiger partial charge is 0.493 e. The molecule has 2 unspecified atom stereocenters. The van der Waals surface area contributed by atoms with Gasteiger partial charge in [-0.2, -0.15) is 8.42 Å². The monoisotopic (exact) mass is 531 g/mol. The molecule has 0 radical (unpaired) electrons. The minimum absolute atomic E-state index is 0.0543. The number of rotatable bonds is 8. The zero-order valence-electron chi connectivity index (χ0n) is 19.3. The average Bonchev–Trinajstić information content (AvgIpc) is 3.24. The number of amides is 1. The number of halogens is 2. The lowest BCUT2D eigenvalue weighted by molar-refractivity contribution is 0.0781. The Morgan fingerprint density at radius 2 is 1.71 bits per heavy atom. The number of methoxy groups -OCH3 is 3. The Balaban J connectivity index is 2.07. The van der Waals surface area contributed by atoms with Crippen LogP contribution in [0.1, 0.15) is 35.7 Å². The maximum absolute atomic E-state index is 13.5. The van der Waals surface area contributed by atoms with Crippen molar-refractivity contribution in [2.24, 2.45) is 0 Å². The third-order valence-corrected chi connectivity index (χ3v) is 8.58. The summed E-state index contributed by atoms with van der Waals surface area (Å²) >= 11 is 12.3. The molecule has 1 N–H and O–H groups in total. The number of likely N-dealkylation sites (tertiary alicyclic amines) is 1. The summed E-state index contributed by atoms with van der Waals surface area (Å²) < 4.78 is 50.9. The van der Waals surface area contributed by atoms with E-state index in [1.807, 2.05) is 0 Å². The standard InChI is InChI=1S/C23H27Cl2NO7S/c1-5-20(34(28,29)30)23(15-6-7-16(24)17(25)12-15)8-9-26(13-23)22(27)14-10-18(31-2)21(33-4)19(11-14)32-3/h6-7,10-12,20H,5,8-9,13H2,1-4H3,(H,28,29,30). The Labute approximate surface area is 209 Å². The lowest BCUT2D eigenvalue weighted by Gasteiger charge is -2.36. The van der Waals surface area contributed by atoms with Crippen molar-refractivity contribution in [3.8, 4) is 17.2 Å². The Kier molecular flexibility index (Phi) is 7.92. The van der Waals surface area contributed by atoms with Gasteiger partial charge in [0.05, 0.1) is 36.6 Å². The van der Waals surface area contributed by atoms with E-state index < -0.39 is 20.8 Å². The van der Waals surface area contributed by atoms with E-state index in [1.54, 1.807) is 42.2 Å².